The van der Waals surface area contributed by atoms with Crippen molar-refractivity contribution in [3.63, 3.8) is 0 Å². The molecule has 2 aromatic rings. The molecule has 0 radical (unpaired) electrons. The van der Waals surface area contributed by atoms with Crippen LogP contribution in [0.2, 0.25) is 0 Å². The molecule has 0 unspecified atom stereocenters. The van der Waals surface area contributed by atoms with E-state index in [1.165, 1.54) is 16.6 Å². The second-order valence-electron chi connectivity index (χ2n) is 3.73. The molecule has 1 aliphatic rings. The average molecular weight is 267 g/mol. The number of nitrogens with zero attached hydrogens (tertiary/aromatic N) is 2. The lowest BCUT2D eigenvalue weighted by molar-refractivity contribution is 0.713. The van der Waals surface area contributed by atoms with E-state index in [2.05, 4.69) is 43.9 Å². The lowest BCUT2D eigenvalue weighted by Gasteiger charge is -2.20. The molecule has 0 spiro atoms. The Bertz CT molecular complexity index is 532. The Labute approximate surface area is 95.8 Å². The first-order valence-corrected chi connectivity index (χ1v) is 5.64. The van der Waals surface area contributed by atoms with Crippen LogP contribution in [0.25, 0.3) is 10.9 Å². The molecule has 0 bridgehead atoms. The van der Waals surface area contributed by atoms with E-state index in [1.54, 1.807) is 0 Å². The van der Waals surface area contributed by atoms with E-state index < -0.39 is 0 Å². The van der Waals surface area contributed by atoms with Gasteiger partial charge < -0.3 is 5.32 Å². The molecule has 1 aromatic heterocycles. The molecule has 15 heavy (non-hydrogen) atoms. The van der Waals surface area contributed by atoms with Crippen molar-refractivity contribution in [3.05, 3.63) is 22.3 Å². The number of nitrogens with one attached hydrogen (secondary N) is 2. The number of anilines is 1. The van der Waals surface area contributed by atoms with E-state index in [-0.39, 0.29) is 0 Å². The topological polar surface area (TPSA) is 41.9 Å². The summed E-state index contributed by atoms with van der Waals surface area (Å²) in [5, 5.41) is 12.3. The molecule has 0 amide bonds. The van der Waals surface area contributed by atoms with Gasteiger partial charge in [0.1, 0.15) is 5.52 Å². The molecule has 78 valence electrons. The molecule has 2 heterocycles. The normalized spacial score (nSPS) is 15.1. The van der Waals surface area contributed by atoms with Gasteiger partial charge in [0.05, 0.1) is 6.67 Å². The monoisotopic (exact) mass is 266 g/mol. The highest BCUT2D eigenvalue weighted by atomic mass is 79.9. The predicted octanol–water partition coefficient (Wildman–Crippen LogP) is 1.81. The summed E-state index contributed by atoms with van der Waals surface area (Å²) < 4.78 is 2.90. The summed E-state index contributed by atoms with van der Waals surface area (Å²) in [6, 6.07) is 2.10. The molecular weight excluding hydrogens is 256 g/mol. The standard InChI is InChI=1S/C10H11BrN4/c1-15-4-7-6-3-12-5-13-9(6)2-8(11)10(7)14-15/h2,4,12-13H,3,5H2,1H3. The van der Waals surface area contributed by atoms with Crippen LogP contribution in [0.5, 0.6) is 0 Å². The smallest absolute Gasteiger partial charge is 0.107 e. The molecule has 1 aliphatic heterocycles. The van der Waals surface area contributed by atoms with Crippen molar-refractivity contribution in [1.82, 2.24) is 15.1 Å². The molecule has 0 saturated carbocycles. The first kappa shape index (κ1) is 9.18. The number of hydrogen-bond donors (Lipinski definition) is 2. The molecule has 5 heteroatoms. The predicted molar refractivity (Wildman–Crippen MR) is 63.7 cm³/mol. The zero-order valence-corrected chi connectivity index (χ0v) is 9.93. The summed E-state index contributed by atoms with van der Waals surface area (Å²) in [6.45, 7) is 1.73. The second kappa shape index (κ2) is 3.21. The van der Waals surface area contributed by atoms with Crippen molar-refractivity contribution in [3.8, 4) is 0 Å². The summed E-state index contributed by atoms with van der Waals surface area (Å²) in [5.41, 5.74) is 3.52. The third kappa shape index (κ3) is 1.34. The van der Waals surface area contributed by atoms with Crippen LogP contribution in [0.1, 0.15) is 5.56 Å². The largest absolute Gasteiger partial charge is 0.372 e. The molecule has 0 saturated heterocycles. The highest BCUT2D eigenvalue weighted by Gasteiger charge is 2.15. The van der Waals surface area contributed by atoms with Crippen LogP contribution >= 0.6 is 15.9 Å². The first-order valence-electron chi connectivity index (χ1n) is 4.85. The number of aryl methyl sites for hydroxylation is 1. The first-order chi connectivity index (χ1) is 7.25. The van der Waals surface area contributed by atoms with E-state index in [0.29, 0.717) is 0 Å². The van der Waals surface area contributed by atoms with Crippen LogP contribution in [-0.4, -0.2) is 16.4 Å². The Hall–Kier alpha value is -1.07. The van der Waals surface area contributed by atoms with Gasteiger partial charge in [-0.05, 0) is 22.0 Å². The molecule has 2 N–H and O–H groups in total. The second-order valence-corrected chi connectivity index (χ2v) is 4.58. The minimum atomic E-state index is 0.825. The van der Waals surface area contributed by atoms with Crippen molar-refractivity contribution in [2.45, 2.75) is 6.54 Å². The average Bonchev–Trinajstić information content (AvgIpc) is 2.61. The van der Waals surface area contributed by atoms with Crippen molar-refractivity contribution in [2.24, 2.45) is 7.05 Å². The Balaban J connectivity index is 2.38. The van der Waals surface area contributed by atoms with E-state index in [4.69, 9.17) is 0 Å². The molecule has 0 aliphatic carbocycles. The van der Waals surface area contributed by atoms with Crippen LogP contribution < -0.4 is 10.6 Å². The van der Waals surface area contributed by atoms with Crippen LogP contribution in [-0.2, 0) is 13.6 Å². The Kier molecular flexibility index (Phi) is 1.97. The number of halogens is 1. The summed E-state index contributed by atoms with van der Waals surface area (Å²) in [4.78, 5) is 0. The van der Waals surface area contributed by atoms with Gasteiger partial charge in [0.2, 0.25) is 0 Å². The van der Waals surface area contributed by atoms with E-state index in [0.717, 1.165) is 23.2 Å². The number of hydrogen-bond acceptors (Lipinski definition) is 3. The van der Waals surface area contributed by atoms with Crippen LogP contribution in [0.4, 0.5) is 5.69 Å². The molecular formula is C10H11BrN4. The summed E-state index contributed by atoms with van der Waals surface area (Å²) >= 11 is 3.55. The maximum atomic E-state index is 4.44. The lowest BCUT2D eigenvalue weighted by Crippen LogP contribution is -2.27. The Morgan fingerprint density at radius 1 is 1.53 bits per heavy atom. The van der Waals surface area contributed by atoms with Crippen molar-refractivity contribution >= 4 is 32.5 Å². The van der Waals surface area contributed by atoms with Gasteiger partial charge in [-0.15, -0.1) is 0 Å². The third-order valence-corrected chi connectivity index (χ3v) is 3.29. The van der Waals surface area contributed by atoms with Gasteiger partial charge in [-0.3, -0.25) is 10.00 Å². The zero-order valence-electron chi connectivity index (χ0n) is 8.34. The summed E-state index contributed by atoms with van der Waals surface area (Å²) in [6.07, 6.45) is 2.06. The lowest BCUT2D eigenvalue weighted by atomic mass is 10.1. The third-order valence-electron chi connectivity index (χ3n) is 2.68. The molecule has 0 fully saturated rings. The van der Waals surface area contributed by atoms with E-state index in [9.17, 15) is 0 Å². The van der Waals surface area contributed by atoms with Gasteiger partial charge in [0, 0.05) is 40.9 Å². The fraction of sp³-hybridized carbons (Fsp3) is 0.300. The Morgan fingerprint density at radius 2 is 2.40 bits per heavy atom. The highest BCUT2D eigenvalue weighted by Crippen LogP contribution is 2.32. The van der Waals surface area contributed by atoms with E-state index in [1.807, 2.05) is 11.7 Å². The molecule has 3 rings (SSSR count). The number of benzene rings is 1. The fourth-order valence-corrected chi connectivity index (χ4v) is 2.53. The fourth-order valence-electron chi connectivity index (χ4n) is 2.01. The number of aromatic nitrogens is 2. The zero-order chi connectivity index (χ0) is 10.4. The van der Waals surface area contributed by atoms with Gasteiger partial charge in [-0.1, -0.05) is 0 Å². The molecule has 0 atom stereocenters. The quantitative estimate of drug-likeness (QED) is 0.765. The van der Waals surface area contributed by atoms with Crippen LogP contribution in [0.3, 0.4) is 0 Å². The van der Waals surface area contributed by atoms with Gasteiger partial charge in [0.25, 0.3) is 0 Å². The Morgan fingerprint density at radius 3 is 3.27 bits per heavy atom. The van der Waals surface area contributed by atoms with Gasteiger partial charge in [-0.2, -0.15) is 5.10 Å². The van der Waals surface area contributed by atoms with Crippen molar-refractivity contribution in [1.29, 1.82) is 0 Å². The maximum Gasteiger partial charge on any atom is 0.107 e. The van der Waals surface area contributed by atoms with Gasteiger partial charge >= 0.3 is 0 Å². The van der Waals surface area contributed by atoms with E-state index >= 15 is 0 Å². The highest BCUT2D eigenvalue weighted by molar-refractivity contribution is 9.10. The van der Waals surface area contributed by atoms with Crippen molar-refractivity contribution in [2.75, 3.05) is 12.0 Å². The number of rotatable bonds is 0. The number of fused-ring (bicyclic) bond motifs is 3. The summed E-state index contributed by atoms with van der Waals surface area (Å²) in [7, 11) is 1.95. The SMILES string of the molecule is Cn1cc2c3c(cc(Br)c2n1)NCNC3. The summed E-state index contributed by atoms with van der Waals surface area (Å²) in [5.74, 6) is 0. The van der Waals surface area contributed by atoms with Gasteiger partial charge in [0.15, 0.2) is 0 Å². The van der Waals surface area contributed by atoms with Crippen LogP contribution in [0, 0.1) is 0 Å². The van der Waals surface area contributed by atoms with Crippen LogP contribution in [0.15, 0.2) is 16.7 Å². The molecule has 1 aromatic carbocycles. The molecule has 4 nitrogen and oxygen atoms in total. The van der Waals surface area contributed by atoms with Crippen molar-refractivity contribution < 1.29 is 0 Å². The van der Waals surface area contributed by atoms with Gasteiger partial charge in [-0.25, -0.2) is 0 Å². The minimum Gasteiger partial charge on any atom is -0.372 e. The minimum absolute atomic E-state index is 0.825. The maximum absolute atomic E-state index is 4.44.